The largest absolute Gasteiger partial charge is 0.487 e. The van der Waals surface area contributed by atoms with Crippen molar-refractivity contribution >= 4 is 0 Å². The number of hydrogen-bond acceptors (Lipinski definition) is 3. The average molecular weight is 240 g/mol. The first-order chi connectivity index (χ1) is 8.92. The van der Waals surface area contributed by atoms with Crippen LogP contribution < -0.4 is 10.1 Å². The minimum atomic E-state index is 0.276. The quantitative estimate of drug-likeness (QED) is 0.895. The Balaban J connectivity index is 1.80. The lowest BCUT2D eigenvalue weighted by molar-refractivity contribution is 0.222. The van der Waals surface area contributed by atoms with E-state index in [1.54, 1.807) is 6.20 Å². The predicted molar refractivity (Wildman–Crippen MR) is 71.6 cm³/mol. The molecular formula is C15H16N2O. The third kappa shape index (κ3) is 2.51. The smallest absolute Gasteiger partial charge is 0.138 e. The van der Waals surface area contributed by atoms with Crippen LogP contribution in [0.1, 0.15) is 6.42 Å². The second-order valence-electron chi connectivity index (χ2n) is 4.51. The highest BCUT2D eigenvalue weighted by molar-refractivity contribution is 5.63. The maximum atomic E-state index is 5.91. The van der Waals surface area contributed by atoms with Crippen molar-refractivity contribution in [3.63, 3.8) is 0 Å². The molecule has 1 atom stereocenters. The predicted octanol–water partition coefficient (Wildman–Crippen LogP) is 2.49. The summed E-state index contributed by atoms with van der Waals surface area (Å²) in [4.78, 5) is 4.26. The van der Waals surface area contributed by atoms with E-state index in [4.69, 9.17) is 4.74 Å². The van der Waals surface area contributed by atoms with Crippen LogP contribution in [0.2, 0.25) is 0 Å². The number of nitrogens with one attached hydrogen (secondary N) is 1. The Morgan fingerprint density at radius 3 is 2.78 bits per heavy atom. The lowest BCUT2D eigenvalue weighted by Gasteiger charge is -2.12. The van der Waals surface area contributed by atoms with E-state index in [1.807, 2.05) is 24.4 Å². The van der Waals surface area contributed by atoms with Crippen molar-refractivity contribution < 1.29 is 4.74 Å². The van der Waals surface area contributed by atoms with Gasteiger partial charge in [-0.1, -0.05) is 30.3 Å². The van der Waals surface area contributed by atoms with Crippen LogP contribution in [0, 0.1) is 0 Å². The van der Waals surface area contributed by atoms with Gasteiger partial charge in [-0.25, -0.2) is 0 Å². The summed E-state index contributed by atoms with van der Waals surface area (Å²) in [6, 6.07) is 12.3. The van der Waals surface area contributed by atoms with E-state index in [0.717, 1.165) is 30.8 Å². The molecule has 0 bridgehead atoms. The van der Waals surface area contributed by atoms with Gasteiger partial charge in [0.05, 0.1) is 6.20 Å². The van der Waals surface area contributed by atoms with Gasteiger partial charge in [0.15, 0.2) is 0 Å². The van der Waals surface area contributed by atoms with Crippen molar-refractivity contribution in [3.8, 4) is 16.9 Å². The molecule has 3 heteroatoms. The van der Waals surface area contributed by atoms with Crippen molar-refractivity contribution in [2.24, 2.45) is 0 Å². The highest BCUT2D eigenvalue weighted by Gasteiger charge is 2.16. The normalized spacial score (nSPS) is 18.8. The van der Waals surface area contributed by atoms with Gasteiger partial charge < -0.3 is 10.1 Å². The lowest BCUT2D eigenvalue weighted by atomic mass is 10.1. The Morgan fingerprint density at radius 1 is 1.11 bits per heavy atom. The fraction of sp³-hybridized carbons (Fsp3) is 0.267. The molecule has 1 aromatic carbocycles. The second kappa shape index (κ2) is 5.19. The number of hydrogen-bond donors (Lipinski definition) is 1. The summed E-state index contributed by atoms with van der Waals surface area (Å²) in [5.41, 5.74) is 2.26. The zero-order valence-electron chi connectivity index (χ0n) is 10.2. The van der Waals surface area contributed by atoms with E-state index in [-0.39, 0.29) is 6.10 Å². The Bertz CT molecular complexity index is 507. The molecule has 18 heavy (non-hydrogen) atoms. The third-order valence-corrected chi connectivity index (χ3v) is 3.14. The van der Waals surface area contributed by atoms with E-state index >= 15 is 0 Å². The molecule has 92 valence electrons. The van der Waals surface area contributed by atoms with Gasteiger partial charge in [-0.05, 0) is 24.6 Å². The summed E-state index contributed by atoms with van der Waals surface area (Å²) in [6.07, 6.45) is 4.99. The first-order valence-electron chi connectivity index (χ1n) is 6.30. The number of benzene rings is 1. The molecule has 3 nitrogen and oxygen atoms in total. The van der Waals surface area contributed by atoms with Crippen LogP contribution in [0.3, 0.4) is 0 Å². The van der Waals surface area contributed by atoms with Gasteiger partial charge in [-0.3, -0.25) is 4.98 Å². The van der Waals surface area contributed by atoms with Gasteiger partial charge in [0.25, 0.3) is 0 Å². The summed E-state index contributed by atoms with van der Waals surface area (Å²) in [5.74, 6) is 0.852. The minimum absolute atomic E-state index is 0.276. The summed E-state index contributed by atoms with van der Waals surface area (Å²) in [5, 5.41) is 3.29. The molecule has 1 fully saturated rings. The van der Waals surface area contributed by atoms with Gasteiger partial charge in [-0.15, -0.1) is 0 Å². The Hall–Kier alpha value is -1.87. The summed E-state index contributed by atoms with van der Waals surface area (Å²) in [7, 11) is 0. The van der Waals surface area contributed by atoms with Crippen molar-refractivity contribution in [2.45, 2.75) is 12.5 Å². The van der Waals surface area contributed by atoms with Crippen LogP contribution in [0.5, 0.6) is 5.75 Å². The zero-order chi connectivity index (χ0) is 12.2. The minimum Gasteiger partial charge on any atom is -0.487 e. The SMILES string of the molecule is c1ccc(-c2cncc(O[C@@H]3CCNC3)c2)cc1. The van der Waals surface area contributed by atoms with Gasteiger partial charge in [-0.2, -0.15) is 0 Å². The highest BCUT2D eigenvalue weighted by Crippen LogP contribution is 2.23. The van der Waals surface area contributed by atoms with Crippen LogP contribution in [-0.2, 0) is 0 Å². The molecule has 2 aromatic rings. The standard InChI is InChI=1S/C15H16N2O/c1-2-4-12(5-3-1)13-8-15(11-17-9-13)18-14-6-7-16-10-14/h1-5,8-9,11,14,16H,6-7,10H2/t14-/m1/s1. The maximum Gasteiger partial charge on any atom is 0.138 e. The molecule has 0 spiro atoms. The molecule has 1 aromatic heterocycles. The Kier molecular flexibility index (Phi) is 3.24. The number of rotatable bonds is 3. The average Bonchev–Trinajstić information content (AvgIpc) is 2.93. The zero-order valence-corrected chi connectivity index (χ0v) is 10.2. The van der Waals surface area contributed by atoms with Gasteiger partial charge in [0, 0.05) is 18.3 Å². The second-order valence-corrected chi connectivity index (χ2v) is 4.51. The monoisotopic (exact) mass is 240 g/mol. The first-order valence-corrected chi connectivity index (χ1v) is 6.30. The van der Waals surface area contributed by atoms with Gasteiger partial charge in [0.1, 0.15) is 11.9 Å². The fourth-order valence-electron chi connectivity index (χ4n) is 2.19. The molecule has 0 radical (unpaired) electrons. The molecule has 1 N–H and O–H groups in total. The van der Waals surface area contributed by atoms with Crippen molar-refractivity contribution in [1.82, 2.24) is 10.3 Å². The number of pyridine rings is 1. The lowest BCUT2D eigenvalue weighted by Crippen LogP contribution is -2.19. The molecule has 0 unspecified atom stereocenters. The van der Waals surface area contributed by atoms with Gasteiger partial charge >= 0.3 is 0 Å². The maximum absolute atomic E-state index is 5.91. The molecule has 0 aliphatic carbocycles. The van der Waals surface area contributed by atoms with Crippen LogP contribution >= 0.6 is 0 Å². The van der Waals surface area contributed by atoms with E-state index in [1.165, 1.54) is 5.56 Å². The summed E-state index contributed by atoms with van der Waals surface area (Å²) in [6.45, 7) is 1.96. The number of nitrogens with zero attached hydrogens (tertiary/aromatic N) is 1. The molecule has 3 rings (SSSR count). The van der Waals surface area contributed by atoms with Crippen LogP contribution in [0.25, 0.3) is 11.1 Å². The summed E-state index contributed by atoms with van der Waals surface area (Å²) >= 11 is 0. The van der Waals surface area contributed by atoms with Crippen molar-refractivity contribution in [1.29, 1.82) is 0 Å². The van der Waals surface area contributed by atoms with Crippen LogP contribution in [0.15, 0.2) is 48.8 Å². The van der Waals surface area contributed by atoms with Gasteiger partial charge in [0.2, 0.25) is 0 Å². The van der Waals surface area contributed by atoms with E-state index in [0.29, 0.717) is 0 Å². The molecule has 0 amide bonds. The Labute approximate surface area is 107 Å². The van der Waals surface area contributed by atoms with E-state index in [9.17, 15) is 0 Å². The number of ether oxygens (including phenoxy) is 1. The van der Waals surface area contributed by atoms with Crippen LogP contribution in [-0.4, -0.2) is 24.2 Å². The molecule has 1 aliphatic heterocycles. The van der Waals surface area contributed by atoms with E-state index in [2.05, 4.69) is 28.5 Å². The number of aromatic nitrogens is 1. The van der Waals surface area contributed by atoms with Crippen molar-refractivity contribution in [3.05, 3.63) is 48.8 Å². The van der Waals surface area contributed by atoms with E-state index < -0.39 is 0 Å². The third-order valence-electron chi connectivity index (χ3n) is 3.14. The molecule has 1 aliphatic rings. The Morgan fingerprint density at radius 2 is 2.00 bits per heavy atom. The first kappa shape index (κ1) is 11.2. The summed E-state index contributed by atoms with van der Waals surface area (Å²) < 4.78 is 5.91. The van der Waals surface area contributed by atoms with Crippen LogP contribution in [0.4, 0.5) is 0 Å². The highest BCUT2D eigenvalue weighted by atomic mass is 16.5. The molecule has 0 saturated carbocycles. The topological polar surface area (TPSA) is 34.1 Å². The fourth-order valence-corrected chi connectivity index (χ4v) is 2.19. The molecule has 1 saturated heterocycles. The van der Waals surface area contributed by atoms with Crippen molar-refractivity contribution in [2.75, 3.05) is 13.1 Å². The molecule has 2 heterocycles. The molecular weight excluding hydrogens is 224 g/mol.